The molecular weight excluding hydrogens is 362 g/mol. The van der Waals surface area contributed by atoms with Gasteiger partial charge in [0.2, 0.25) is 0 Å². The molecule has 2 atom stereocenters. The number of ether oxygens (including phenoxy) is 1. The highest BCUT2D eigenvalue weighted by molar-refractivity contribution is 5.93. The third-order valence-electron chi connectivity index (χ3n) is 4.56. The number of hydrogen-bond donors (Lipinski definition) is 1. The lowest BCUT2D eigenvalue weighted by Gasteiger charge is -2.32. The number of anilines is 1. The van der Waals surface area contributed by atoms with E-state index in [1.807, 2.05) is 25.7 Å². The molecule has 0 radical (unpaired) electrons. The number of piperidine rings is 1. The first-order chi connectivity index (χ1) is 13.0. The van der Waals surface area contributed by atoms with Crippen LogP contribution in [0.25, 0.3) is 0 Å². The molecule has 1 heterocycles. The molecule has 2 rings (SSSR count). The maximum Gasteiger partial charge on any atom is 0.339 e. The van der Waals surface area contributed by atoms with E-state index < -0.39 is 28.4 Å². The molecule has 1 saturated heterocycles. The second kappa shape index (κ2) is 8.58. The van der Waals surface area contributed by atoms with Gasteiger partial charge >= 0.3 is 5.97 Å². The first kappa shape index (κ1) is 21.7. The summed E-state index contributed by atoms with van der Waals surface area (Å²) >= 11 is 0. The minimum Gasteiger partial charge on any atom is -0.449 e. The normalized spacial score (nSPS) is 18.3. The molecule has 0 unspecified atom stereocenters. The van der Waals surface area contributed by atoms with Crippen LogP contribution >= 0.6 is 0 Å². The molecule has 0 bridgehead atoms. The molecule has 1 aromatic rings. The average Bonchev–Trinajstić information content (AvgIpc) is 2.59. The molecule has 0 spiro atoms. The van der Waals surface area contributed by atoms with Gasteiger partial charge in [0.05, 0.1) is 10.5 Å². The van der Waals surface area contributed by atoms with Gasteiger partial charge in [0.25, 0.3) is 11.6 Å². The average molecular weight is 391 g/mol. The van der Waals surface area contributed by atoms with Crippen LogP contribution in [0.5, 0.6) is 0 Å². The number of esters is 1. The number of carbonyl (C=O) groups excluding carboxylic acids is 2. The topological polar surface area (TPSA) is 102 Å². The van der Waals surface area contributed by atoms with Gasteiger partial charge in [-0.25, -0.2) is 4.79 Å². The SMILES string of the molecule is C[C@@H]1CCCN(c2ccc(C(=O)O[C@H](C)C(=O)NC(C)(C)C)cc2[N+](=O)[O-])C1. The van der Waals surface area contributed by atoms with Crippen molar-refractivity contribution >= 4 is 23.3 Å². The van der Waals surface area contributed by atoms with Crippen LogP contribution in [-0.4, -0.2) is 41.5 Å². The Morgan fingerprint density at radius 2 is 2.04 bits per heavy atom. The predicted octanol–water partition coefficient (Wildman–Crippen LogP) is 3.29. The molecule has 1 aromatic carbocycles. The Kier molecular flexibility index (Phi) is 6.64. The summed E-state index contributed by atoms with van der Waals surface area (Å²) in [7, 11) is 0. The van der Waals surface area contributed by atoms with E-state index in [1.165, 1.54) is 19.1 Å². The van der Waals surface area contributed by atoms with Gasteiger partial charge in [-0.15, -0.1) is 0 Å². The molecule has 1 amide bonds. The zero-order valence-electron chi connectivity index (χ0n) is 17.2. The number of benzene rings is 1. The van der Waals surface area contributed by atoms with Crippen molar-refractivity contribution in [2.24, 2.45) is 5.92 Å². The molecule has 28 heavy (non-hydrogen) atoms. The number of nitrogens with zero attached hydrogens (tertiary/aromatic N) is 2. The Labute approximate surface area is 165 Å². The highest BCUT2D eigenvalue weighted by Gasteiger charge is 2.27. The van der Waals surface area contributed by atoms with E-state index in [0.29, 0.717) is 11.6 Å². The van der Waals surface area contributed by atoms with E-state index in [0.717, 1.165) is 25.9 Å². The fraction of sp³-hybridized carbons (Fsp3) is 0.600. The van der Waals surface area contributed by atoms with Gasteiger partial charge in [-0.05, 0) is 58.6 Å². The zero-order chi connectivity index (χ0) is 21.1. The molecule has 0 aliphatic carbocycles. The van der Waals surface area contributed by atoms with E-state index in [1.54, 1.807) is 6.07 Å². The minimum atomic E-state index is -1.01. The molecule has 1 aliphatic heterocycles. The number of nitro benzene ring substituents is 1. The monoisotopic (exact) mass is 391 g/mol. The van der Waals surface area contributed by atoms with Crippen molar-refractivity contribution in [1.82, 2.24) is 5.32 Å². The fourth-order valence-corrected chi connectivity index (χ4v) is 3.23. The Bertz CT molecular complexity index is 757. The zero-order valence-corrected chi connectivity index (χ0v) is 17.2. The Balaban J connectivity index is 2.17. The molecule has 0 aromatic heterocycles. The van der Waals surface area contributed by atoms with Gasteiger partial charge in [0.1, 0.15) is 5.69 Å². The number of amides is 1. The summed E-state index contributed by atoms with van der Waals surface area (Å²) in [5, 5.41) is 14.3. The van der Waals surface area contributed by atoms with Crippen molar-refractivity contribution in [3.8, 4) is 0 Å². The minimum absolute atomic E-state index is 0.0518. The van der Waals surface area contributed by atoms with Crippen molar-refractivity contribution in [2.75, 3.05) is 18.0 Å². The number of hydrogen-bond acceptors (Lipinski definition) is 6. The smallest absolute Gasteiger partial charge is 0.339 e. The van der Waals surface area contributed by atoms with Crippen molar-refractivity contribution in [2.45, 2.75) is 59.1 Å². The summed E-state index contributed by atoms with van der Waals surface area (Å²) in [5.41, 5.74) is -0.0260. The van der Waals surface area contributed by atoms with E-state index in [-0.39, 0.29) is 11.3 Å². The van der Waals surface area contributed by atoms with Crippen molar-refractivity contribution < 1.29 is 19.2 Å². The number of carbonyl (C=O) groups is 2. The van der Waals surface area contributed by atoms with Gasteiger partial charge < -0.3 is 15.0 Å². The van der Waals surface area contributed by atoms with Crippen molar-refractivity contribution in [3.05, 3.63) is 33.9 Å². The first-order valence-corrected chi connectivity index (χ1v) is 9.54. The molecule has 8 nitrogen and oxygen atoms in total. The van der Waals surface area contributed by atoms with Crippen LogP contribution in [0.4, 0.5) is 11.4 Å². The lowest BCUT2D eigenvalue weighted by molar-refractivity contribution is -0.384. The Hall–Kier alpha value is -2.64. The standard InChI is InChI=1S/C20H29N3O5/c1-13-7-6-10-22(12-13)16-9-8-15(11-17(16)23(26)27)19(25)28-14(2)18(24)21-20(3,4)5/h8-9,11,13-14H,6-7,10,12H2,1-5H3,(H,21,24)/t13-,14-/m1/s1. The third-order valence-corrected chi connectivity index (χ3v) is 4.56. The summed E-state index contributed by atoms with van der Waals surface area (Å²) < 4.78 is 5.19. The van der Waals surface area contributed by atoms with Gasteiger partial charge in [0, 0.05) is 24.7 Å². The highest BCUT2D eigenvalue weighted by atomic mass is 16.6. The quantitative estimate of drug-likeness (QED) is 0.469. The lowest BCUT2D eigenvalue weighted by Crippen LogP contribution is -2.46. The maximum atomic E-state index is 12.4. The molecule has 0 saturated carbocycles. The summed E-state index contributed by atoms with van der Waals surface area (Å²) in [6.07, 6.45) is 1.07. The van der Waals surface area contributed by atoms with Gasteiger partial charge in [-0.3, -0.25) is 14.9 Å². The summed E-state index contributed by atoms with van der Waals surface area (Å²) in [6.45, 7) is 10.5. The second-order valence-electron chi connectivity index (χ2n) is 8.44. The predicted molar refractivity (Wildman–Crippen MR) is 106 cm³/mol. The van der Waals surface area contributed by atoms with E-state index in [4.69, 9.17) is 4.74 Å². The molecule has 154 valence electrons. The van der Waals surface area contributed by atoms with E-state index >= 15 is 0 Å². The molecule has 1 aliphatic rings. The van der Waals surface area contributed by atoms with Crippen LogP contribution in [0.15, 0.2) is 18.2 Å². The van der Waals surface area contributed by atoms with E-state index in [2.05, 4.69) is 12.2 Å². The van der Waals surface area contributed by atoms with Crippen LogP contribution in [0.1, 0.15) is 57.8 Å². The second-order valence-corrected chi connectivity index (χ2v) is 8.44. The Morgan fingerprint density at radius 3 is 2.61 bits per heavy atom. The third kappa shape index (κ3) is 5.68. The number of nitro groups is 1. The van der Waals surface area contributed by atoms with Crippen LogP contribution in [0.3, 0.4) is 0 Å². The molecule has 1 N–H and O–H groups in total. The van der Waals surface area contributed by atoms with Gasteiger partial charge in [0.15, 0.2) is 6.10 Å². The van der Waals surface area contributed by atoms with Crippen molar-refractivity contribution in [1.29, 1.82) is 0 Å². The number of nitrogens with one attached hydrogen (secondary N) is 1. The first-order valence-electron chi connectivity index (χ1n) is 9.54. The summed E-state index contributed by atoms with van der Waals surface area (Å²) in [6, 6.07) is 4.33. The fourth-order valence-electron chi connectivity index (χ4n) is 3.23. The van der Waals surface area contributed by atoms with Gasteiger partial charge in [-0.1, -0.05) is 6.92 Å². The van der Waals surface area contributed by atoms with Crippen LogP contribution in [0, 0.1) is 16.0 Å². The van der Waals surface area contributed by atoms with Crippen LogP contribution in [-0.2, 0) is 9.53 Å². The van der Waals surface area contributed by atoms with Gasteiger partial charge in [-0.2, -0.15) is 0 Å². The summed E-state index contributed by atoms with van der Waals surface area (Å²) in [4.78, 5) is 37.6. The maximum absolute atomic E-state index is 12.4. The molecule has 8 heteroatoms. The largest absolute Gasteiger partial charge is 0.449 e. The van der Waals surface area contributed by atoms with E-state index in [9.17, 15) is 19.7 Å². The molecular formula is C20H29N3O5. The van der Waals surface area contributed by atoms with Crippen molar-refractivity contribution in [3.63, 3.8) is 0 Å². The van der Waals surface area contributed by atoms with Crippen LogP contribution < -0.4 is 10.2 Å². The highest BCUT2D eigenvalue weighted by Crippen LogP contribution is 2.32. The lowest BCUT2D eigenvalue weighted by atomic mass is 9.99. The Morgan fingerprint density at radius 1 is 1.36 bits per heavy atom. The van der Waals surface area contributed by atoms with Crippen LogP contribution in [0.2, 0.25) is 0 Å². The summed E-state index contributed by atoms with van der Waals surface area (Å²) in [5.74, 6) is -0.729. The number of rotatable bonds is 5. The molecule has 1 fully saturated rings.